The third kappa shape index (κ3) is 6.43. The predicted octanol–water partition coefficient (Wildman–Crippen LogP) is 4.27. The number of piperazine rings is 1. The van der Waals surface area contributed by atoms with Crippen molar-refractivity contribution in [3.63, 3.8) is 0 Å². The number of nitrogens with one attached hydrogen (secondary N) is 1. The van der Waals surface area contributed by atoms with Crippen molar-refractivity contribution in [2.75, 3.05) is 58.3 Å². The molecule has 1 atom stereocenters. The molecule has 3 aromatic rings. The molecule has 0 radical (unpaired) electrons. The summed E-state index contributed by atoms with van der Waals surface area (Å²) in [6, 6.07) is 8.07. The van der Waals surface area contributed by atoms with Gasteiger partial charge in [0.1, 0.15) is 24.1 Å². The summed E-state index contributed by atoms with van der Waals surface area (Å²) >= 11 is 5.91. The van der Waals surface area contributed by atoms with Crippen molar-refractivity contribution in [2.24, 2.45) is 0 Å². The smallest absolute Gasteiger partial charge is 0.306 e. The number of esters is 1. The van der Waals surface area contributed by atoms with E-state index in [1.54, 1.807) is 13.2 Å². The quantitative estimate of drug-likeness (QED) is 0.297. The fourth-order valence-corrected chi connectivity index (χ4v) is 4.99. The largest absolute Gasteiger partial charge is 0.493 e. The molecule has 2 saturated heterocycles. The number of cyclic esters (lactones) is 1. The molecule has 2 aromatic carbocycles. The van der Waals surface area contributed by atoms with E-state index >= 15 is 0 Å². The lowest BCUT2D eigenvalue weighted by Crippen LogP contribution is -2.48. The zero-order valence-electron chi connectivity index (χ0n) is 21.3. The average Bonchev–Trinajstić information content (AvgIpc) is 3.33. The average molecular weight is 544 g/mol. The second-order valence-electron chi connectivity index (χ2n) is 9.49. The maximum atomic E-state index is 13.5. The van der Waals surface area contributed by atoms with E-state index in [0.717, 1.165) is 57.5 Å². The van der Waals surface area contributed by atoms with E-state index in [9.17, 15) is 9.18 Å². The highest BCUT2D eigenvalue weighted by Crippen LogP contribution is 2.35. The number of halogens is 2. The molecule has 1 N–H and O–H groups in total. The first-order chi connectivity index (χ1) is 18.5. The van der Waals surface area contributed by atoms with E-state index < -0.39 is 5.82 Å². The van der Waals surface area contributed by atoms with Gasteiger partial charge in [-0.15, -0.1) is 0 Å². The van der Waals surface area contributed by atoms with Crippen LogP contribution < -0.4 is 14.8 Å². The summed E-state index contributed by atoms with van der Waals surface area (Å²) in [6.45, 7) is 6.27. The molecule has 2 fully saturated rings. The van der Waals surface area contributed by atoms with Gasteiger partial charge in [0.25, 0.3) is 0 Å². The lowest BCUT2D eigenvalue weighted by molar-refractivity contribution is -0.142. The van der Waals surface area contributed by atoms with Crippen LogP contribution >= 0.6 is 11.6 Å². The van der Waals surface area contributed by atoms with E-state index in [-0.39, 0.29) is 17.1 Å². The van der Waals surface area contributed by atoms with Gasteiger partial charge in [-0.3, -0.25) is 9.69 Å². The Kier molecular flexibility index (Phi) is 8.41. The molecule has 2 aliphatic heterocycles. The van der Waals surface area contributed by atoms with Gasteiger partial charge in [-0.05, 0) is 37.1 Å². The maximum absolute atomic E-state index is 13.5. The van der Waals surface area contributed by atoms with Crippen LogP contribution in [0.1, 0.15) is 19.3 Å². The van der Waals surface area contributed by atoms with Crippen LogP contribution in [-0.4, -0.2) is 84.8 Å². The van der Waals surface area contributed by atoms with Gasteiger partial charge >= 0.3 is 5.97 Å². The summed E-state index contributed by atoms with van der Waals surface area (Å²) in [5, 5.41) is 3.94. The highest BCUT2D eigenvalue weighted by Gasteiger charge is 2.27. The van der Waals surface area contributed by atoms with Gasteiger partial charge in [-0.25, -0.2) is 14.4 Å². The fourth-order valence-electron chi connectivity index (χ4n) is 4.81. The number of carbonyl (C=O) groups excluding carboxylic acids is 1. The normalized spacial score (nSPS) is 18.5. The third-order valence-corrected chi connectivity index (χ3v) is 7.16. The number of carbonyl (C=O) groups is 1. The molecule has 0 bridgehead atoms. The Morgan fingerprint density at radius 1 is 1.13 bits per heavy atom. The molecule has 9 nitrogen and oxygen atoms in total. The van der Waals surface area contributed by atoms with E-state index in [2.05, 4.69) is 25.1 Å². The Morgan fingerprint density at radius 2 is 1.95 bits per heavy atom. The number of hydrogen-bond donors (Lipinski definition) is 1. The van der Waals surface area contributed by atoms with Crippen LogP contribution in [0.15, 0.2) is 36.7 Å². The van der Waals surface area contributed by atoms with Crippen molar-refractivity contribution in [1.29, 1.82) is 0 Å². The number of anilines is 2. The summed E-state index contributed by atoms with van der Waals surface area (Å²) in [4.78, 5) is 24.9. The van der Waals surface area contributed by atoms with Crippen LogP contribution in [0.5, 0.6) is 11.5 Å². The Morgan fingerprint density at radius 3 is 2.68 bits per heavy atom. The lowest BCUT2D eigenvalue weighted by Gasteiger charge is -2.35. The monoisotopic (exact) mass is 543 g/mol. The molecule has 1 aromatic heterocycles. The van der Waals surface area contributed by atoms with Gasteiger partial charge in [-0.2, -0.15) is 0 Å². The van der Waals surface area contributed by atoms with Crippen LogP contribution in [0.3, 0.4) is 0 Å². The van der Waals surface area contributed by atoms with Crippen molar-refractivity contribution in [3.05, 3.63) is 47.5 Å². The third-order valence-electron chi connectivity index (χ3n) is 6.87. The molecule has 3 heterocycles. The fraction of sp³-hybridized carbons (Fsp3) is 0.444. The molecular formula is C27H31ClFN5O4. The Hall–Kier alpha value is -3.21. The Labute approximate surface area is 225 Å². The van der Waals surface area contributed by atoms with E-state index in [1.807, 2.05) is 12.1 Å². The van der Waals surface area contributed by atoms with Gasteiger partial charge < -0.3 is 24.4 Å². The minimum atomic E-state index is -0.483. The van der Waals surface area contributed by atoms with Gasteiger partial charge in [-0.1, -0.05) is 11.6 Å². The van der Waals surface area contributed by atoms with Crippen LogP contribution in [0.25, 0.3) is 10.9 Å². The Bertz CT molecular complexity index is 1290. The van der Waals surface area contributed by atoms with Gasteiger partial charge in [0.05, 0.1) is 24.3 Å². The van der Waals surface area contributed by atoms with Crippen molar-refractivity contribution < 1.29 is 23.4 Å². The lowest BCUT2D eigenvalue weighted by atomic mass is 10.2. The number of fused-ring (bicyclic) bond motifs is 1. The SMILES string of the molecule is COc1cc2c(Nc3ccc(F)c(Cl)c3)ncnc2cc1OCCCN1CCN(CC2CCC(=O)O2)CC1. The van der Waals surface area contributed by atoms with Crippen molar-refractivity contribution in [3.8, 4) is 11.5 Å². The number of aromatic nitrogens is 2. The number of methoxy groups -OCH3 is 1. The van der Waals surface area contributed by atoms with E-state index in [1.165, 1.54) is 18.5 Å². The minimum Gasteiger partial charge on any atom is -0.493 e. The van der Waals surface area contributed by atoms with Gasteiger partial charge in [0, 0.05) is 62.8 Å². The molecule has 0 amide bonds. The molecule has 1 unspecified atom stereocenters. The zero-order chi connectivity index (χ0) is 26.5. The zero-order valence-corrected chi connectivity index (χ0v) is 22.0. The molecule has 0 saturated carbocycles. The number of ether oxygens (including phenoxy) is 3. The van der Waals surface area contributed by atoms with Gasteiger partial charge in [0.2, 0.25) is 0 Å². The summed E-state index contributed by atoms with van der Waals surface area (Å²) < 4.78 is 30.5. The maximum Gasteiger partial charge on any atom is 0.306 e. The van der Waals surface area contributed by atoms with Crippen LogP contribution in [-0.2, 0) is 9.53 Å². The van der Waals surface area contributed by atoms with E-state index in [0.29, 0.717) is 41.5 Å². The Balaban J connectivity index is 1.14. The number of nitrogens with zero attached hydrogens (tertiary/aromatic N) is 4. The van der Waals surface area contributed by atoms with E-state index in [4.69, 9.17) is 25.8 Å². The topological polar surface area (TPSA) is 89.0 Å². The van der Waals surface area contributed by atoms with Crippen LogP contribution in [0, 0.1) is 5.82 Å². The molecular weight excluding hydrogens is 513 g/mol. The number of benzene rings is 2. The van der Waals surface area contributed by atoms with Crippen molar-refractivity contribution in [1.82, 2.24) is 19.8 Å². The number of hydrogen-bond acceptors (Lipinski definition) is 9. The number of rotatable bonds is 10. The molecule has 202 valence electrons. The standard InChI is InChI=1S/C27H31ClFN5O4/c1-36-24-14-20-23(30-17-31-27(20)32-18-3-5-22(29)21(28)13-18)15-25(24)37-12-2-7-33-8-10-34(11-9-33)16-19-4-6-26(35)38-19/h3,5,13-15,17,19H,2,4,6-12,16H2,1H3,(H,30,31,32). The summed E-state index contributed by atoms with van der Waals surface area (Å²) in [5.74, 6) is 1.19. The summed E-state index contributed by atoms with van der Waals surface area (Å²) in [5.41, 5.74) is 1.30. The molecule has 5 rings (SSSR count). The highest BCUT2D eigenvalue weighted by atomic mass is 35.5. The first-order valence-electron chi connectivity index (χ1n) is 12.8. The molecule has 0 aliphatic carbocycles. The first kappa shape index (κ1) is 26.4. The van der Waals surface area contributed by atoms with Gasteiger partial charge in [0.15, 0.2) is 11.5 Å². The second-order valence-corrected chi connectivity index (χ2v) is 9.90. The van der Waals surface area contributed by atoms with Crippen LogP contribution in [0.4, 0.5) is 15.9 Å². The predicted molar refractivity (Wildman–Crippen MR) is 143 cm³/mol. The molecule has 2 aliphatic rings. The first-order valence-corrected chi connectivity index (χ1v) is 13.2. The molecule has 38 heavy (non-hydrogen) atoms. The van der Waals surface area contributed by atoms with Crippen molar-refractivity contribution >= 4 is 40.0 Å². The molecule has 11 heteroatoms. The van der Waals surface area contributed by atoms with Crippen molar-refractivity contribution in [2.45, 2.75) is 25.4 Å². The minimum absolute atomic E-state index is 0.0277. The van der Waals surface area contributed by atoms with Crippen LogP contribution in [0.2, 0.25) is 5.02 Å². The highest BCUT2D eigenvalue weighted by molar-refractivity contribution is 6.31. The molecule has 0 spiro atoms. The second kappa shape index (κ2) is 12.1. The summed E-state index contributed by atoms with van der Waals surface area (Å²) in [6.07, 6.45) is 3.77. The summed E-state index contributed by atoms with van der Waals surface area (Å²) in [7, 11) is 1.59.